The first kappa shape index (κ1) is 17.2. The lowest BCUT2D eigenvalue weighted by Crippen LogP contribution is -2.34. The van der Waals surface area contributed by atoms with E-state index in [4.69, 9.17) is 33.2 Å². The molecule has 0 saturated carbocycles. The summed E-state index contributed by atoms with van der Waals surface area (Å²) < 4.78 is 4.22. The van der Waals surface area contributed by atoms with Crippen molar-refractivity contribution >= 4 is 45.5 Å². The molecule has 3 aromatic carbocycles. The van der Waals surface area contributed by atoms with Crippen molar-refractivity contribution in [1.82, 2.24) is 14.5 Å². The zero-order chi connectivity index (χ0) is 19.3. The molecule has 136 valence electrons. The van der Waals surface area contributed by atoms with E-state index in [-0.39, 0.29) is 0 Å². The Balaban J connectivity index is 1.95. The van der Waals surface area contributed by atoms with E-state index in [1.54, 1.807) is 12.1 Å². The van der Waals surface area contributed by atoms with Crippen LogP contribution in [0.25, 0.3) is 33.7 Å². The van der Waals surface area contributed by atoms with Gasteiger partial charge in [-0.1, -0.05) is 64.6 Å². The number of aromatic nitrogens is 4. The molecule has 5 aromatic rings. The normalized spacial score (nSPS) is 11.4. The average molecular weight is 406 g/mol. The Hall–Kier alpha value is -2.95. The van der Waals surface area contributed by atoms with Crippen molar-refractivity contribution in [2.24, 2.45) is 0 Å². The van der Waals surface area contributed by atoms with Crippen LogP contribution in [0.2, 0.25) is 10.0 Å². The van der Waals surface area contributed by atoms with E-state index in [1.807, 2.05) is 36.4 Å². The van der Waals surface area contributed by atoms with Crippen LogP contribution >= 0.6 is 23.2 Å². The fraction of sp³-hybridized carbons (Fsp3) is 0.0455. The van der Waals surface area contributed by atoms with E-state index >= 15 is 0 Å². The minimum Gasteiger partial charge on any atom is -0.207 e. The molecule has 0 amide bonds. The molecule has 0 aliphatic rings. The van der Waals surface area contributed by atoms with Crippen LogP contribution in [0.1, 0.15) is 5.82 Å². The van der Waals surface area contributed by atoms with Gasteiger partial charge in [-0.3, -0.25) is 0 Å². The van der Waals surface area contributed by atoms with Crippen molar-refractivity contribution in [3.63, 3.8) is 0 Å². The van der Waals surface area contributed by atoms with Crippen LogP contribution in [0, 0.1) is 6.92 Å². The fourth-order valence-corrected chi connectivity index (χ4v) is 3.83. The van der Waals surface area contributed by atoms with E-state index in [2.05, 4.69) is 40.3 Å². The number of hydrogen-bond acceptors (Lipinski definition) is 2. The van der Waals surface area contributed by atoms with Gasteiger partial charge in [0.25, 0.3) is 5.65 Å². The van der Waals surface area contributed by atoms with E-state index in [1.165, 1.54) is 0 Å². The number of fused-ring (bicyclic) bond motifs is 2. The molecule has 0 bridgehead atoms. The molecule has 2 heterocycles. The monoisotopic (exact) mass is 405 g/mol. The van der Waals surface area contributed by atoms with E-state index in [0.29, 0.717) is 21.1 Å². The Morgan fingerprint density at radius 2 is 1.36 bits per heavy atom. The van der Waals surface area contributed by atoms with Gasteiger partial charge >= 0.3 is 5.65 Å². The largest absolute Gasteiger partial charge is 0.328 e. The van der Waals surface area contributed by atoms with Crippen molar-refractivity contribution in [3.8, 4) is 11.4 Å². The van der Waals surface area contributed by atoms with Gasteiger partial charge in [-0.05, 0) is 30.3 Å². The second-order valence-corrected chi connectivity index (χ2v) is 7.33. The predicted octanol–water partition coefficient (Wildman–Crippen LogP) is 5.47. The second kappa shape index (κ2) is 6.59. The minimum absolute atomic E-state index is 0.466. The molecule has 0 spiro atoms. The molecule has 0 radical (unpaired) electrons. The van der Waals surface area contributed by atoms with Crippen molar-refractivity contribution in [2.45, 2.75) is 6.92 Å². The Bertz CT molecular complexity index is 1230. The average Bonchev–Trinajstić information content (AvgIpc) is 2.99. The molecule has 0 N–H and O–H groups in total. The van der Waals surface area contributed by atoms with Gasteiger partial charge in [-0.2, -0.15) is 4.57 Å². The topological polar surface area (TPSA) is 34.6 Å². The van der Waals surface area contributed by atoms with Crippen LogP contribution in [0.3, 0.4) is 0 Å². The van der Waals surface area contributed by atoms with Crippen molar-refractivity contribution in [3.05, 3.63) is 88.7 Å². The first-order valence-electron chi connectivity index (χ1n) is 8.84. The van der Waals surface area contributed by atoms with Gasteiger partial charge in [-0.25, -0.2) is 9.55 Å². The van der Waals surface area contributed by atoms with Gasteiger partial charge in [0.05, 0.1) is 10.0 Å². The summed E-state index contributed by atoms with van der Waals surface area (Å²) in [6.07, 6.45) is 0. The lowest BCUT2D eigenvalue weighted by molar-refractivity contribution is -0.577. The van der Waals surface area contributed by atoms with E-state index in [9.17, 15) is 0 Å². The number of imidazole rings is 1. The van der Waals surface area contributed by atoms with Gasteiger partial charge < -0.3 is 0 Å². The number of halogens is 2. The molecule has 0 saturated heterocycles. The number of nitrogens with zero attached hydrogens (tertiary/aromatic N) is 4. The third-order valence-corrected chi connectivity index (χ3v) is 5.49. The van der Waals surface area contributed by atoms with Crippen molar-refractivity contribution in [2.75, 3.05) is 0 Å². The molecule has 6 heteroatoms. The summed E-state index contributed by atoms with van der Waals surface area (Å²) in [6.45, 7) is 2.06. The maximum atomic E-state index is 6.22. The highest BCUT2D eigenvalue weighted by atomic mass is 35.5. The maximum Gasteiger partial charge on any atom is 0.328 e. The first-order chi connectivity index (χ1) is 13.6. The Morgan fingerprint density at radius 1 is 0.786 bits per heavy atom. The molecular weight excluding hydrogens is 391 g/mol. The Kier molecular flexibility index (Phi) is 4.04. The Morgan fingerprint density at radius 3 is 2.00 bits per heavy atom. The number of hydrogen-bond donors (Lipinski definition) is 0. The standard InChI is InChI=1S/C22H15Cl2N4/c1-14-27(15-8-4-2-5-9-15)21-22(28(14)16-10-6-3-7-11-16)26-20-13-18(24)17(23)12-19(20)25-21/h2-13H,1H3/q+1. The van der Waals surface area contributed by atoms with Crippen LogP contribution < -0.4 is 4.57 Å². The van der Waals surface area contributed by atoms with Gasteiger partial charge in [0.2, 0.25) is 5.82 Å². The first-order valence-corrected chi connectivity index (χ1v) is 9.60. The van der Waals surface area contributed by atoms with Crippen molar-refractivity contribution < 1.29 is 4.57 Å². The quantitative estimate of drug-likeness (QED) is 0.365. The SMILES string of the molecule is Cc1n(-c2ccccc2)c2nc3cc(Cl)c(Cl)cc3nc2[n+]1-c1ccccc1. The van der Waals surface area contributed by atoms with Gasteiger partial charge in [0.15, 0.2) is 5.52 Å². The Labute approximate surface area is 171 Å². The van der Waals surface area contributed by atoms with Crippen LogP contribution in [0.15, 0.2) is 72.8 Å². The molecule has 0 unspecified atom stereocenters. The van der Waals surface area contributed by atoms with Gasteiger partial charge in [0, 0.05) is 13.0 Å². The molecule has 0 atom stereocenters. The number of para-hydroxylation sites is 2. The number of benzene rings is 3. The highest BCUT2D eigenvalue weighted by Gasteiger charge is 2.27. The lowest BCUT2D eigenvalue weighted by Gasteiger charge is -2.02. The maximum absolute atomic E-state index is 6.22. The van der Waals surface area contributed by atoms with Crippen LogP contribution in [-0.2, 0) is 0 Å². The van der Waals surface area contributed by atoms with E-state index in [0.717, 1.165) is 28.5 Å². The zero-order valence-corrected chi connectivity index (χ0v) is 16.5. The smallest absolute Gasteiger partial charge is 0.207 e. The van der Waals surface area contributed by atoms with Crippen LogP contribution in [-0.4, -0.2) is 14.5 Å². The van der Waals surface area contributed by atoms with Crippen molar-refractivity contribution in [1.29, 1.82) is 0 Å². The lowest BCUT2D eigenvalue weighted by atomic mass is 10.3. The summed E-state index contributed by atoms with van der Waals surface area (Å²) in [6, 6.07) is 23.8. The molecule has 28 heavy (non-hydrogen) atoms. The second-order valence-electron chi connectivity index (χ2n) is 6.51. The number of rotatable bonds is 2. The third-order valence-electron chi connectivity index (χ3n) is 4.77. The minimum atomic E-state index is 0.466. The summed E-state index contributed by atoms with van der Waals surface area (Å²) in [5.74, 6) is 1.000. The van der Waals surface area contributed by atoms with Gasteiger partial charge in [-0.15, -0.1) is 0 Å². The highest BCUT2D eigenvalue weighted by Crippen LogP contribution is 2.28. The molecular formula is C22H15Cl2N4+. The zero-order valence-electron chi connectivity index (χ0n) is 15.0. The molecule has 4 nitrogen and oxygen atoms in total. The summed E-state index contributed by atoms with van der Waals surface area (Å²) in [4.78, 5) is 9.80. The van der Waals surface area contributed by atoms with Gasteiger partial charge in [0.1, 0.15) is 16.9 Å². The van der Waals surface area contributed by atoms with E-state index < -0.39 is 0 Å². The molecule has 0 fully saturated rings. The fourth-order valence-electron chi connectivity index (χ4n) is 3.51. The highest BCUT2D eigenvalue weighted by molar-refractivity contribution is 6.42. The van der Waals surface area contributed by atoms with Crippen LogP contribution in [0.4, 0.5) is 0 Å². The third kappa shape index (κ3) is 2.65. The summed E-state index contributed by atoms with van der Waals surface area (Å²) in [5.41, 5.74) is 4.98. The molecule has 0 aliphatic carbocycles. The summed E-state index contributed by atoms with van der Waals surface area (Å²) >= 11 is 12.4. The van der Waals surface area contributed by atoms with Crippen LogP contribution in [0.5, 0.6) is 0 Å². The summed E-state index contributed by atoms with van der Waals surface area (Å²) in [5, 5.41) is 0.932. The predicted molar refractivity (Wildman–Crippen MR) is 113 cm³/mol. The molecule has 2 aromatic heterocycles. The summed E-state index contributed by atoms with van der Waals surface area (Å²) in [7, 11) is 0. The molecule has 5 rings (SSSR count). The molecule has 0 aliphatic heterocycles.